The van der Waals surface area contributed by atoms with Crippen molar-refractivity contribution in [2.24, 2.45) is 7.05 Å². The molecule has 1 unspecified atom stereocenters. The molecule has 10 heteroatoms. The van der Waals surface area contributed by atoms with Crippen molar-refractivity contribution in [3.05, 3.63) is 69.6 Å². The standard InChI is InChI=1S/C31H36ClN3O6/c1-19(36)41-16-6-7-22-23-13-14-24(32)27(29(23)34(2)30(22)31(37)39-4)28-25(33-35-15-5-8-26(28)35)18-40-17-20-9-11-21(38-3)12-10-20/h9-14,31,37H,5-8,15-18H2,1-4H3. The van der Waals surface area contributed by atoms with Crippen molar-refractivity contribution in [2.45, 2.75) is 58.7 Å². The van der Waals surface area contributed by atoms with E-state index in [0.717, 1.165) is 69.7 Å². The van der Waals surface area contributed by atoms with Crippen molar-refractivity contribution in [2.75, 3.05) is 20.8 Å². The Kier molecular flexibility index (Phi) is 8.99. The van der Waals surface area contributed by atoms with Gasteiger partial charge in [0.25, 0.3) is 0 Å². The normalized spacial score (nSPS) is 13.5. The fourth-order valence-corrected chi connectivity index (χ4v) is 6.02. The molecule has 1 atom stereocenters. The van der Waals surface area contributed by atoms with Crippen LogP contribution in [0.5, 0.6) is 5.75 Å². The van der Waals surface area contributed by atoms with Crippen LogP contribution in [-0.2, 0) is 58.7 Å². The van der Waals surface area contributed by atoms with Gasteiger partial charge in [-0.2, -0.15) is 5.10 Å². The number of nitrogens with zero attached hydrogens (tertiary/aromatic N) is 3. The third-order valence-electron chi connectivity index (χ3n) is 7.62. The summed E-state index contributed by atoms with van der Waals surface area (Å²) in [6.07, 6.45) is 1.96. The number of carbonyl (C=O) groups excluding carboxylic acids is 1. The summed E-state index contributed by atoms with van der Waals surface area (Å²) < 4.78 is 26.0. The fraction of sp³-hybridized carbons (Fsp3) is 0.419. The molecule has 3 heterocycles. The second-order valence-corrected chi connectivity index (χ2v) is 10.6. The van der Waals surface area contributed by atoms with E-state index in [-0.39, 0.29) is 5.97 Å². The molecule has 0 saturated heterocycles. The number of esters is 1. The SMILES string of the molecule is COc1ccc(COCc2nn3c(c2-c2c(Cl)ccc4c(CCCOC(C)=O)c(C(O)OC)n(C)c24)CCC3)cc1. The molecule has 5 rings (SSSR count). The Morgan fingerprint density at radius 1 is 1.12 bits per heavy atom. The lowest BCUT2D eigenvalue weighted by atomic mass is 9.97. The summed E-state index contributed by atoms with van der Waals surface area (Å²) in [6.45, 7) is 3.29. The third kappa shape index (κ3) is 5.85. The summed E-state index contributed by atoms with van der Waals surface area (Å²) >= 11 is 6.98. The molecule has 41 heavy (non-hydrogen) atoms. The average Bonchev–Trinajstić information content (AvgIpc) is 3.63. The van der Waals surface area contributed by atoms with Gasteiger partial charge in [0.1, 0.15) is 5.75 Å². The second-order valence-electron chi connectivity index (χ2n) is 10.2. The first-order valence-electron chi connectivity index (χ1n) is 13.8. The van der Waals surface area contributed by atoms with Crippen molar-refractivity contribution in [1.29, 1.82) is 0 Å². The number of ether oxygens (including phenoxy) is 4. The van der Waals surface area contributed by atoms with Crippen molar-refractivity contribution in [3.63, 3.8) is 0 Å². The van der Waals surface area contributed by atoms with Gasteiger partial charge in [-0.05, 0) is 55.0 Å². The molecule has 0 bridgehead atoms. The van der Waals surface area contributed by atoms with Gasteiger partial charge in [0.05, 0.1) is 48.9 Å². The molecule has 0 amide bonds. The zero-order valence-corrected chi connectivity index (χ0v) is 24.7. The number of hydrogen-bond donors (Lipinski definition) is 1. The van der Waals surface area contributed by atoms with Gasteiger partial charge in [0.15, 0.2) is 6.29 Å². The molecule has 0 saturated carbocycles. The Labute approximate surface area is 244 Å². The van der Waals surface area contributed by atoms with E-state index in [9.17, 15) is 9.90 Å². The molecule has 0 fully saturated rings. The highest BCUT2D eigenvalue weighted by Crippen LogP contribution is 2.44. The number of fused-ring (bicyclic) bond motifs is 2. The maximum Gasteiger partial charge on any atom is 0.302 e. The van der Waals surface area contributed by atoms with E-state index in [4.69, 9.17) is 35.6 Å². The van der Waals surface area contributed by atoms with Gasteiger partial charge in [-0.3, -0.25) is 9.48 Å². The second kappa shape index (κ2) is 12.7. The minimum Gasteiger partial charge on any atom is -0.497 e. The van der Waals surface area contributed by atoms with Crippen LogP contribution in [0.2, 0.25) is 5.02 Å². The van der Waals surface area contributed by atoms with Crippen molar-refractivity contribution in [3.8, 4) is 16.9 Å². The molecule has 1 N–H and O–H groups in total. The summed E-state index contributed by atoms with van der Waals surface area (Å²) in [6, 6.07) is 11.7. The van der Waals surface area contributed by atoms with Crippen LogP contribution >= 0.6 is 11.6 Å². The van der Waals surface area contributed by atoms with Crippen LogP contribution in [0.1, 0.15) is 54.3 Å². The van der Waals surface area contributed by atoms with Gasteiger partial charge in [-0.1, -0.05) is 29.8 Å². The molecule has 4 aromatic rings. The molecule has 2 aromatic carbocycles. The fourth-order valence-electron chi connectivity index (χ4n) is 5.77. The number of benzene rings is 2. The minimum atomic E-state index is -1.13. The number of hydrogen-bond acceptors (Lipinski definition) is 7. The molecule has 0 radical (unpaired) electrons. The highest BCUT2D eigenvalue weighted by atomic mass is 35.5. The van der Waals surface area contributed by atoms with Crippen LogP contribution in [0, 0.1) is 0 Å². The predicted molar refractivity (Wildman–Crippen MR) is 156 cm³/mol. The van der Waals surface area contributed by atoms with E-state index < -0.39 is 6.29 Å². The maximum absolute atomic E-state index is 11.3. The highest BCUT2D eigenvalue weighted by Gasteiger charge is 2.29. The molecule has 1 aliphatic rings. The Morgan fingerprint density at radius 2 is 1.90 bits per heavy atom. The molecule has 218 valence electrons. The lowest BCUT2D eigenvalue weighted by Crippen LogP contribution is -2.09. The molecular weight excluding hydrogens is 546 g/mol. The highest BCUT2D eigenvalue weighted by molar-refractivity contribution is 6.35. The summed E-state index contributed by atoms with van der Waals surface area (Å²) in [5, 5.41) is 17.4. The monoisotopic (exact) mass is 581 g/mol. The van der Waals surface area contributed by atoms with Gasteiger partial charge in [-0.25, -0.2) is 0 Å². The first-order chi connectivity index (χ1) is 19.8. The molecule has 0 aliphatic carbocycles. The number of aromatic nitrogens is 3. The van der Waals surface area contributed by atoms with Crippen LogP contribution in [0.15, 0.2) is 36.4 Å². The molecule has 0 spiro atoms. The smallest absolute Gasteiger partial charge is 0.302 e. The average molecular weight is 582 g/mol. The van der Waals surface area contributed by atoms with E-state index >= 15 is 0 Å². The van der Waals surface area contributed by atoms with Gasteiger partial charge in [-0.15, -0.1) is 0 Å². The number of aryl methyl sites for hydroxylation is 3. The first kappa shape index (κ1) is 29.1. The van der Waals surface area contributed by atoms with Crippen molar-refractivity contribution < 1.29 is 28.8 Å². The summed E-state index contributed by atoms with van der Waals surface area (Å²) in [7, 11) is 5.04. The quantitative estimate of drug-likeness (QED) is 0.134. The summed E-state index contributed by atoms with van der Waals surface area (Å²) in [4.78, 5) is 11.3. The van der Waals surface area contributed by atoms with E-state index in [2.05, 4.69) is 4.68 Å². The molecule has 2 aromatic heterocycles. The number of halogens is 1. The predicted octanol–water partition coefficient (Wildman–Crippen LogP) is 5.50. The van der Waals surface area contributed by atoms with Gasteiger partial charge in [0, 0.05) is 49.8 Å². The molecule has 9 nitrogen and oxygen atoms in total. The van der Waals surface area contributed by atoms with Crippen LogP contribution in [-0.4, -0.2) is 46.2 Å². The van der Waals surface area contributed by atoms with Crippen molar-refractivity contribution >= 4 is 28.5 Å². The molecule has 1 aliphatic heterocycles. The Bertz CT molecular complexity index is 1540. The number of methoxy groups -OCH3 is 2. The van der Waals surface area contributed by atoms with Crippen LogP contribution < -0.4 is 4.74 Å². The number of carbonyl (C=O) groups is 1. The van der Waals surface area contributed by atoms with E-state index in [1.54, 1.807) is 7.11 Å². The number of rotatable bonds is 12. The lowest BCUT2D eigenvalue weighted by molar-refractivity contribution is -0.141. The largest absolute Gasteiger partial charge is 0.497 e. The zero-order chi connectivity index (χ0) is 29.1. The van der Waals surface area contributed by atoms with Crippen LogP contribution in [0.4, 0.5) is 0 Å². The van der Waals surface area contributed by atoms with Gasteiger partial charge in [0.2, 0.25) is 0 Å². The number of aliphatic hydroxyl groups is 1. The Hall–Kier alpha value is -3.37. The third-order valence-corrected chi connectivity index (χ3v) is 7.94. The topological polar surface area (TPSA) is 97.0 Å². The van der Waals surface area contributed by atoms with E-state index in [1.807, 2.05) is 48.0 Å². The maximum atomic E-state index is 11.3. The molecular formula is C31H36ClN3O6. The van der Waals surface area contributed by atoms with E-state index in [1.165, 1.54) is 14.0 Å². The van der Waals surface area contributed by atoms with E-state index in [0.29, 0.717) is 43.4 Å². The van der Waals surface area contributed by atoms with Gasteiger partial charge < -0.3 is 28.6 Å². The summed E-state index contributed by atoms with van der Waals surface area (Å²) in [5.74, 6) is 0.488. The number of aliphatic hydroxyl groups excluding tert-OH is 1. The lowest BCUT2D eigenvalue weighted by Gasteiger charge is -2.14. The van der Waals surface area contributed by atoms with Crippen LogP contribution in [0.3, 0.4) is 0 Å². The Balaban J connectivity index is 1.55. The minimum absolute atomic E-state index is 0.293. The van der Waals surface area contributed by atoms with Gasteiger partial charge >= 0.3 is 5.97 Å². The van der Waals surface area contributed by atoms with Crippen molar-refractivity contribution in [1.82, 2.24) is 14.3 Å². The zero-order valence-electron chi connectivity index (χ0n) is 23.9. The Morgan fingerprint density at radius 3 is 2.61 bits per heavy atom. The summed E-state index contributed by atoms with van der Waals surface area (Å²) in [5.41, 5.74) is 7.33. The first-order valence-corrected chi connectivity index (χ1v) is 14.1. The van der Waals surface area contributed by atoms with Crippen LogP contribution in [0.25, 0.3) is 22.0 Å².